The number of rotatable bonds is 5. The van der Waals surface area contributed by atoms with Gasteiger partial charge in [0.25, 0.3) is 5.91 Å². The average molecular weight is 361 g/mol. The van der Waals surface area contributed by atoms with Gasteiger partial charge in [0.05, 0.1) is 7.11 Å². The molecule has 0 saturated carbocycles. The number of carbonyl (C=O) groups excluding carboxylic acids is 1. The van der Waals surface area contributed by atoms with Gasteiger partial charge >= 0.3 is 0 Å². The summed E-state index contributed by atoms with van der Waals surface area (Å²) < 4.78 is 5.51. The maximum atomic E-state index is 12.4. The minimum atomic E-state index is -0.439. The molecular weight excluding hydrogens is 338 g/mol. The van der Waals surface area contributed by atoms with Gasteiger partial charge in [0.2, 0.25) is 0 Å². The van der Waals surface area contributed by atoms with Gasteiger partial charge in [0.15, 0.2) is 0 Å². The quantitative estimate of drug-likeness (QED) is 0.639. The molecule has 0 atom stereocenters. The summed E-state index contributed by atoms with van der Waals surface area (Å²) in [4.78, 5) is 14.8. The Morgan fingerprint density at radius 2 is 1.89 bits per heavy atom. The van der Waals surface area contributed by atoms with Crippen LogP contribution in [0.15, 0.2) is 54.1 Å². The van der Waals surface area contributed by atoms with E-state index < -0.39 is 5.91 Å². The topological polar surface area (TPSA) is 65.4 Å². The average Bonchev–Trinajstić information content (AvgIpc) is 2.73. The fourth-order valence-electron chi connectivity index (χ4n) is 3.19. The summed E-state index contributed by atoms with van der Waals surface area (Å²) in [6.45, 7) is 2.09. The van der Waals surface area contributed by atoms with E-state index in [0.717, 1.165) is 18.8 Å². The van der Waals surface area contributed by atoms with Gasteiger partial charge in [-0.1, -0.05) is 18.2 Å². The van der Waals surface area contributed by atoms with Crippen molar-refractivity contribution in [3.05, 3.63) is 59.7 Å². The molecule has 0 bridgehead atoms. The maximum Gasteiger partial charge on any atom is 0.266 e. The number of ether oxygens (including phenoxy) is 1. The van der Waals surface area contributed by atoms with Gasteiger partial charge < -0.3 is 15.0 Å². The summed E-state index contributed by atoms with van der Waals surface area (Å²) in [5.74, 6) is 0.212. The van der Waals surface area contributed by atoms with Crippen molar-refractivity contribution in [3.8, 4) is 11.8 Å². The molecule has 0 unspecified atom stereocenters. The number of para-hydroxylation sites is 1. The third-order valence-corrected chi connectivity index (χ3v) is 4.63. The lowest BCUT2D eigenvalue weighted by Crippen LogP contribution is -2.29. The number of nitrogens with one attached hydrogen (secondary N) is 1. The second-order valence-corrected chi connectivity index (χ2v) is 6.46. The standard InChI is InChI=1S/C22H23N3O2/c1-27-21-15-20(25-12-6-3-7-13-25)11-10-17(21)14-18(16-23)22(26)24-19-8-4-2-5-9-19/h2,4-5,8-11,14-15H,3,6-7,12-13H2,1H3,(H,24,26)/b18-14-. The third kappa shape index (κ3) is 4.68. The predicted octanol–water partition coefficient (Wildman–Crippen LogP) is 4.23. The molecule has 1 saturated heterocycles. The van der Waals surface area contributed by atoms with Crippen molar-refractivity contribution in [1.29, 1.82) is 5.26 Å². The molecule has 1 aliphatic rings. The molecule has 1 amide bonds. The van der Waals surface area contributed by atoms with E-state index in [4.69, 9.17) is 4.74 Å². The number of hydrogen-bond donors (Lipinski definition) is 1. The van der Waals surface area contributed by atoms with E-state index in [1.54, 1.807) is 25.3 Å². The SMILES string of the molecule is COc1cc(N2CCCCC2)ccc1/C=C(/C#N)C(=O)Nc1ccccc1. The van der Waals surface area contributed by atoms with Crippen molar-refractivity contribution in [2.75, 3.05) is 30.4 Å². The minimum Gasteiger partial charge on any atom is -0.496 e. The zero-order valence-corrected chi connectivity index (χ0v) is 15.4. The van der Waals surface area contributed by atoms with E-state index >= 15 is 0 Å². The molecule has 5 nitrogen and oxygen atoms in total. The number of anilines is 2. The molecule has 0 aromatic heterocycles. The Bertz CT molecular complexity index is 863. The molecule has 2 aromatic carbocycles. The van der Waals surface area contributed by atoms with Crippen molar-refractivity contribution in [1.82, 2.24) is 0 Å². The van der Waals surface area contributed by atoms with Crippen LogP contribution in [-0.4, -0.2) is 26.1 Å². The van der Waals surface area contributed by atoms with Crippen LogP contribution in [0.25, 0.3) is 6.08 Å². The number of piperidine rings is 1. The second kappa shape index (κ2) is 8.91. The highest BCUT2D eigenvalue weighted by Crippen LogP contribution is 2.29. The van der Waals surface area contributed by atoms with Crippen molar-refractivity contribution >= 4 is 23.4 Å². The lowest BCUT2D eigenvalue weighted by Gasteiger charge is -2.29. The smallest absolute Gasteiger partial charge is 0.266 e. The molecule has 1 fully saturated rings. The Hall–Kier alpha value is -3.26. The van der Waals surface area contributed by atoms with Crippen LogP contribution in [0.1, 0.15) is 24.8 Å². The lowest BCUT2D eigenvalue weighted by molar-refractivity contribution is -0.112. The van der Waals surface area contributed by atoms with Crippen LogP contribution >= 0.6 is 0 Å². The zero-order chi connectivity index (χ0) is 19.1. The van der Waals surface area contributed by atoms with Gasteiger partial charge in [-0.25, -0.2) is 0 Å². The van der Waals surface area contributed by atoms with Gasteiger partial charge in [-0.15, -0.1) is 0 Å². The summed E-state index contributed by atoms with van der Waals surface area (Å²) in [5, 5.41) is 12.2. The van der Waals surface area contributed by atoms with E-state index in [2.05, 4.69) is 10.2 Å². The summed E-state index contributed by atoms with van der Waals surface area (Å²) in [6.07, 6.45) is 5.23. The van der Waals surface area contributed by atoms with E-state index in [9.17, 15) is 10.1 Å². The molecule has 3 rings (SSSR count). The van der Waals surface area contributed by atoms with Crippen molar-refractivity contribution in [2.24, 2.45) is 0 Å². The normalized spacial score (nSPS) is 14.4. The fraction of sp³-hybridized carbons (Fsp3) is 0.273. The van der Waals surface area contributed by atoms with E-state index in [0.29, 0.717) is 17.0 Å². The Balaban J connectivity index is 1.82. The Labute approximate surface area is 159 Å². The molecule has 1 heterocycles. The highest BCUT2D eigenvalue weighted by Gasteiger charge is 2.15. The highest BCUT2D eigenvalue weighted by atomic mass is 16.5. The number of carbonyl (C=O) groups is 1. The van der Waals surface area contributed by atoms with E-state index in [1.807, 2.05) is 42.5 Å². The Morgan fingerprint density at radius 1 is 1.15 bits per heavy atom. The number of benzene rings is 2. The first kappa shape index (κ1) is 18.5. The highest BCUT2D eigenvalue weighted by molar-refractivity contribution is 6.09. The third-order valence-electron chi connectivity index (χ3n) is 4.63. The van der Waals surface area contributed by atoms with E-state index in [-0.39, 0.29) is 5.57 Å². The van der Waals surface area contributed by atoms with Gasteiger partial charge in [0, 0.05) is 36.1 Å². The molecule has 0 radical (unpaired) electrons. The van der Waals surface area contributed by atoms with Gasteiger partial charge in [-0.2, -0.15) is 5.26 Å². The molecule has 0 spiro atoms. The number of nitriles is 1. The van der Waals surface area contributed by atoms with Crippen LogP contribution < -0.4 is 15.0 Å². The van der Waals surface area contributed by atoms with E-state index in [1.165, 1.54) is 19.3 Å². The molecular formula is C22H23N3O2. The minimum absolute atomic E-state index is 0.0304. The summed E-state index contributed by atoms with van der Waals surface area (Å²) in [7, 11) is 1.60. The first-order chi connectivity index (χ1) is 13.2. The molecule has 1 N–H and O–H groups in total. The largest absolute Gasteiger partial charge is 0.496 e. The lowest BCUT2D eigenvalue weighted by atomic mass is 10.1. The van der Waals surface area contributed by atoms with Crippen LogP contribution in [0.5, 0.6) is 5.75 Å². The Kier molecular flexibility index (Phi) is 6.11. The summed E-state index contributed by atoms with van der Waals surface area (Å²) >= 11 is 0. The maximum absolute atomic E-state index is 12.4. The first-order valence-electron chi connectivity index (χ1n) is 9.12. The Morgan fingerprint density at radius 3 is 2.56 bits per heavy atom. The van der Waals surface area contributed by atoms with Crippen molar-refractivity contribution in [3.63, 3.8) is 0 Å². The number of amides is 1. The van der Waals surface area contributed by atoms with Gasteiger partial charge in [0.1, 0.15) is 17.4 Å². The van der Waals surface area contributed by atoms with Crippen LogP contribution in [0, 0.1) is 11.3 Å². The molecule has 5 heteroatoms. The predicted molar refractivity (Wildman–Crippen MR) is 108 cm³/mol. The monoisotopic (exact) mass is 361 g/mol. The molecule has 0 aliphatic carbocycles. The second-order valence-electron chi connectivity index (χ2n) is 6.46. The van der Waals surface area contributed by atoms with Gasteiger partial charge in [-0.3, -0.25) is 4.79 Å². The van der Waals surface area contributed by atoms with Crippen LogP contribution in [0.3, 0.4) is 0 Å². The zero-order valence-electron chi connectivity index (χ0n) is 15.4. The van der Waals surface area contributed by atoms with Crippen molar-refractivity contribution < 1.29 is 9.53 Å². The number of hydrogen-bond acceptors (Lipinski definition) is 4. The first-order valence-corrected chi connectivity index (χ1v) is 9.12. The molecule has 2 aromatic rings. The summed E-state index contributed by atoms with van der Waals surface area (Å²) in [6, 6.07) is 17.0. The number of methoxy groups -OCH3 is 1. The summed E-state index contributed by atoms with van der Waals surface area (Å²) in [5.41, 5.74) is 2.49. The van der Waals surface area contributed by atoms with Crippen LogP contribution in [0.4, 0.5) is 11.4 Å². The fourth-order valence-corrected chi connectivity index (χ4v) is 3.19. The molecule has 138 valence electrons. The van der Waals surface area contributed by atoms with Crippen LogP contribution in [-0.2, 0) is 4.79 Å². The van der Waals surface area contributed by atoms with Gasteiger partial charge in [-0.05, 0) is 49.6 Å². The molecule has 27 heavy (non-hydrogen) atoms. The number of nitrogens with zero attached hydrogens (tertiary/aromatic N) is 2. The molecule has 1 aliphatic heterocycles. The van der Waals surface area contributed by atoms with Crippen molar-refractivity contribution in [2.45, 2.75) is 19.3 Å². The van der Waals surface area contributed by atoms with Crippen LogP contribution in [0.2, 0.25) is 0 Å².